The van der Waals surface area contributed by atoms with Crippen LogP contribution in [0, 0.1) is 5.82 Å². The van der Waals surface area contributed by atoms with Crippen LogP contribution in [0.5, 0.6) is 0 Å². The predicted molar refractivity (Wildman–Crippen MR) is 124 cm³/mol. The zero-order chi connectivity index (χ0) is 24.2. The van der Waals surface area contributed by atoms with Crippen LogP contribution >= 0.6 is 34.8 Å². The molecule has 12 heteroatoms. The van der Waals surface area contributed by atoms with E-state index in [0.717, 1.165) is 15.5 Å². The van der Waals surface area contributed by atoms with Crippen molar-refractivity contribution < 1.29 is 22.4 Å². The second-order valence-electron chi connectivity index (χ2n) is 6.89. The Morgan fingerprint density at radius 1 is 1.09 bits per heavy atom. The molecular formula is C20H21Cl3FN3O4S. The van der Waals surface area contributed by atoms with Crippen LogP contribution in [-0.2, 0) is 26.2 Å². The summed E-state index contributed by atoms with van der Waals surface area (Å²) < 4.78 is 40.0. The van der Waals surface area contributed by atoms with Gasteiger partial charge in [0.1, 0.15) is 18.4 Å². The average Bonchev–Trinajstić information content (AvgIpc) is 2.72. The predicted octanol–water partition coefficient (Wildman–Crippen LogP) is 3.72. The van der Waals surface area contributed by atoms with Gasteiger partial charge in [0.15, 0.2) is 0 Å². The number of hydrogen-bond donors (Lipinski definition) is 1. The zero-order valence-electron chi connectivity index (χ0n) is 17.4. The molecule has 1 N–H and O–H groups in total. The maximum atomic E-state index is 14.2. The zero-order valence-corrected chi connectivity index (χ0v) is 20.5. The van der Waals surface area contributed by atoms with Crippen molar-refractivity contribution >= 4 is 62.3 Å². The number of rotatable bonds is 8. The first-order valence-corrected chi connectivity index (χ1v) is 12.2. The average molecular weight is 525 g/mol. The Labute approximate surface area is 201 Å². The quantitative estimate of drug-likeness (QED) is 0.533. The topological polar surface area (TPSA) is 86.8 Å². The number of anilines is 1. The van der Waals surface area contributed by atoms with Crippen molar-refractivity contribution in [3.63, 3.8) is 0 Å². The minimum Gasteiger partial charge on any atom is -0.357 e. The number of sulfonamides is 1. The molecule has 0 aromatic heterocycles. The molecule has 0 saturated carbocycles. The van der Waals surface area contributed by atoms with Gasteiger partial charge in [-0.2, -0.15) is 0 Å². The standard InChI is InChI=1S/C20H21Cl3FN3O4S/c1-12(20(29)25-2)26(10-13-6-4-5-7-17(13)24)19(28)11-27(32(3,30)31)18-9-15(22)14(21)8-16(18)23/h4-9,12H,10-11H2,1-3H3,(H,25,29)/t12-/m1/s1. The highest BCUT2D eigenvalue weighted by atomic mass is 35.5. The lowest BCUT2D eigenvalue weighted by atomic mass is 10.1. The molecule has 0 aliphatic carbocycles. The van der Waals surface area contributed by atoms with Crippen LogP contribution in [0.15, 0.2) is 36.4 Å². The molecule has 0 spiro atoms. The van der Waals surface area contributed by atoms with Gasteiger partial charge in [-0.15, -0.1) is 0 Å². The van der Waals surface area contributed by atoms with E-state index in [0.29, 0.717) is 0 Å². The lowest BCUT2D eigenvalue weighted by Gasteiger charge is -2.31. The van der Waals surface area contributed by atoms with E-state index in [-0.39, 0.29) is 32.9 Å². The lowest BCUT2D eigenvalue weighted by molar-refractivity contribution is -0.139. The summed E-state index contributed by atoms with van der Waals surface area (Å²) in [4.78, 5) is 26.6. The minimum absolute atomic E-state index is 0.0362. The molecule has 0 aliphatic heterocycles. The van der Waals surface area contributed by atoms with Crippen LogP contribution in [-0.4, -0.2) is 51.0 Å². The highest BCUT2D eigenvalue weighted by molar-refractivity contribution is 7.92. The first kappa shape index (κ1) is 26.2. The van der Waals surface area contributed by atoms with E-state index in [1.807, 2.05) is 0 Å². The Balaban J connectivity index is 2.47. The highest BCUT2D eigenvalue weighted by Gasteiger charge is 2.31. The van der Waals surface area contributed by atoms with Crippen LogP contribution in [0.4, 0.5) is 10.1 Å². The largest absolute Gasteiger partial charge is 0.357 e. The van der Waals surface area contributed by atoms with Crippen LogP contribution in [0.3, 0.4) is 0 Å². The molecule has 0 radical (unpaired) electrons. The van der Waals surface area contributed by atoms with Gasteiger partial charge in [0.2, 0.25) is 21.8 Å². The van der Waals surface area contributed by atoms with Crippen molar-refractivity contribution in [2.45, 2.75) is 19.5 Å². The summed E-state index contributed by atoms with van der Waals surface area (Å²) in [7, 11) is -2.61. The highest BCUT2D eigenvalue weighted by Crippen LogP contribution is 2.35. The van der Waals surface area contributed by atoms with E-state index in [1.54, 1.807) is 6.07 Å². The Morgan fingerprint density at radius 2 is 1.69 bits per heavy atom. The molecule has 2 rings (SSSR count). The van der Waals surface area contributed by atoms with E-state index in [2.05, 4.69) is 5.32 Å². The van der Waals surface area contributed by atoms with E-state index in [1.165, 1.54) is 44.3 Å². The molecule has 0 unspecified atom stereocenters. The van der Waals surface area contributed by atoms with Gasteiger partial charge in [-0.05, 0) is 25.1 Å². The summed E-state index contributed by atoms with van der Waals surface area (Å²) in [5.74, 6) is -1.83. The van der Waals surface area contributed by atoms with Gasteiger partial charge < -0.3 is 10.2 Å². The summed E-state index contributed by atoms with van der Waals surface area (Å²) in [6.07, 6.45) is 0.891. The molecule has 7 nitrogen and oxygen atoms in total. The second-order valence-corrected chi connectivity index (χ2v) is 10.0. The van der Waals surface area contributed by atoms with Gasteiger partial charge in [-0.3, -0.25) is 13.9 Å². The number of halogens is 4. The first-order valence-electron chi connectivity index (χ1n) is 9.23. The number of carbonyl (C=O) groups is 2. The summed E-state index contributed by atoms with van der Waals surface area (Å²) in [6.45, 7) is 0.494. The molecular weight excluding hydrogens is 504 g/mol. The number of nitrogens with one attached hydrogen (secondary N) is 1. The number of nitrogens with zero attached hydrogens (tertiary/aromatic N) is 2. The molecule has 0 heterocycles. The molecule has 2 amide bonds. The van der Waals surface area contributed by atoms with Crippen LogP contribution in [0.1, 0.15) is 12.5 Å². The fourth-order valence-electron chi connectivity index (χ4n) is 2.90. The molecule has 174 valence electrons. The summed E-state index contributed by atoms with van der Waals surface area (Å²) in [6, 6.07) is 7.24. The number of carbonyl (C=O) groups excluding carboxylic acids is 2. The van der Waals surface area contributed by atoms with Gasteiger partial charge in [0, 0.05) is 19.2 Å². The van der Waals surface area contributed by atoms with Crippen molar-refractivity contribution in [1.82, 2.24) is 10.2 Å². The fraction of sp³-hybridized carbons (Fsp3) is 0.300. The van der Waals surface area contributed by atoms with Crippen LogP contribution in [0.25, 0.3) is 0 Å². The third-order valence-corrected chi connectivity index (χ3v) is 6.80. The third kappa shape index (κ3) is 6.25. The smallest absolute Gasteiger partial charge is 0.244 e. The SMILES string of the molecule is CNC(=O)[C@@H](C)N(Cc1ccccc1F)C(=O)CN(c1cc(Cl)c(Cl)cc1Cl)S(C)(=O)=O. The molecule has 32 heavy (non-hydrogen) atoms. The van der Waals surface area contributed by atoms with E-state index in [4.69, 9.17) is 34.8 Å². The van der Waals surface area contributed by atoms with Crippen molar-refractivity contribution in [3.8, 4) is 0 Å². The molecule has 1 atom stereocenters. The number of hydrogen-bond acceptors (Lipinski definition) is 4. The lowest BCUT2D eigenvalue weighted by Crippen LogP contribution is -2.50. The number of likely N-dealkylation sites (N-methyl/N-ethyl adjacent to an activating group) is 1. The minimum atomic E-state index is -4.01. The third-order valence-electron chi connectivity index (χ3n) is 4.65. The monoisotopic (exact) mass is 523 g/mol. The normalized spacial score (nSPS) is 12.2. The van der Waals surface area contributed by atoms with Crippen molar-refractivity contribution in [3.05, 3.63) is 62.8 Å². The maximum absolute atomic E-state index is 14.2. The van der Waals surface area contributed by atoms with Gasteiger partial charge >= 0.3 is 0 Å². The Morgan fingerprint density at radius 3 is 2.25 bits per heavy atom. The molecule has 0 aliphatic rings. The Hall–Kier alpha value is -2.07. The van der Waals surface area contributed by atoms with Crippen LogP contribution < -0.4 is 9.62 Å². The van der Waals surface area contributed by atoms with Crippen LogP contribution in [0.2, 0.25) is 15.1 Å². The molecule has 0 saturated heterocycles. The number of amides is 2. The molecule has 0 fully saturated rings. The Kier molecular flexibility index (Phi) is 8.75. The van der Waals surface area contributed by atoms with E-state index >= 15 is 0 Å². The van der Waals surface area contributed by atoms with Gasteiger partial charge in [-0.25, -0.2) is 12.8 Å². The van der Waals surface area contributed by atoms with Gasteiger partial charge in [-0.1, -0.05) is 53.0 Å². The summed E-state index contributed by atoms with van der Waals surface area (Å²) in [5.41, 5.74) is 0.102. The summed E-state index contributed by atoms with van der Waals surface area (Å²) in [5, 5.41) is 2.53. The molecule has 0 bridgehead atoms. The fourth-order valence-corrected chi connectivity index (χ4v) is 4.45. The van der Waals surface area contributed by atoms with Crippen molar-refractivity contribution in [2.24, 2.45) is 0 Å². The second kappa shape index (κ2) is 10.7. The number of benzene rings is 2. The molecule has 2 aromatic carbocycles. The van der Waals surface area contributed by atoms with Crippen molar-refractivity contribution in [1.29, 1.82) is 0 Å². The van der Waals surface area contributed by atoms with E-state index < -0.39 is 40.2 Å². The van der Waals surface area contributed by atoms with Gasteiger partial charge in [0.25, 0.3) is 0 Å². The van der Waals surface area contributed by atoms with Crippen molar-refractivity contribution in [2.75, 3.05) is 24.2 Å². The molecule has 2 aromatic rings. The van der Waals surface area contributed by atoms with E-state index in [9.17, 15) is 22.4 Å². The van der Waals surface area contributed by atoms with Gasteiger partial charge in [0.05, 0.1) is 27.0 Å². The maximum Gasteiger partial charge on any atom is 0.244 e. The first-order chi connectivity index (χ1) is 14.9. The summed E-state index contributed by atoms with van der Waals surface area (Å²) >= 11 is 18.1. The Bertz CT molecular complexity index is 1130.